The number of halogens is 2. The number of rotatable bonds is 9. The zero-order valence-corrected chi connectivity index (χ0v) is 17.9. The summed E-state index contributed by atoms with van der Waals surface area (Å²) >= 11 is 2.64. The lowest BCUT2D eigenvalue weighted by Gasteiger charge is -2.12. The summed E-state index contributed by atoms with van der Waals surface area (Å²) < 4.78 is 32.6. The molecule has 0 aliphatic heterocycles. The van der Waals surface area contributed by atoms with Gasteiger partial charge in [0.2, 0.25) is 0 Å². The first-order valence-corrected chi connectivity index (χ1v) is 11.6. The van der Waals surface area contributed by atoms with Gasteiger partial charge < -0.3 is 15.4 Å². The molecule has 0 saturated heterocycles. The number of anilines is 3. The zero-order valence-electron chi connectivity index (χ0n) is 16.3. The second-order valence-electron chi connectivity index (χ2n) is 7.06. The van der Waals surface area contributed by atoms with Gasteiger partial charge in [0.15, 0.2) is 5.82 Å². The van der Waals surface area contributed by atoms with Crippen molar-refractivity contribution in [3.63, 3.8) is 0 Å². The number of carbonyl (C=O) groups excluding carboxylic acids is 1. The van der Waals surface area contributed by atoms with E-state index in [4.69, 9.17) is 0 Å². The van der Waals surface area contributed by atoms with Crippen LogP contribution in [0.5, 0.6) is 0 Å². The van der Waals surface area contributed by atoms with Crippen LogP contribution in [0.15, 0.2) is 23.8 Å². The Labute approximate surface area is 181 Å². The van der Waals surface area contributed by atoms with Crippen LogP contribution >= 0.6 is 23.3 Å². The van der Waals surface area contributed by atoms with E-state index in [2.05, 4.69) is 25.3 Å². The van der Waals surface area contributed by atoms with Gasteiger partial charge in [-0.25, -0.2) is 18.7 Å². The quantitative estimate of drug-likeness (QED) is 0.295. The molecule has 30 heavy (non-hydrogen) atoms. The van der Waals surface area contributed by atoms with Gasteiger partial charge in [0.1, 0.15) is 23.6 Å². The van der Waals surface area contributed by atoms with Crippen molar-refractivity contribution in [2.24, 2.45) is 5.92 Å². The summed E-state index contributed by atoms with van der Waals surface area (Å²) in [5.74, 6) is -0.187. The van der Waals surface area contributed by atoms with Crippen molar-refractivity contribution in [3.05, 3.63) is 41.0 Å². The highest BCUT2D eigenvalue weighted by Crippen LogP contribution is 2.33. The van der Waals surface area contributed by atoms with Crippen LogP contribution in [0.4, 0.5) is 26.0 Å². The normalized spacial score (nSPS) is 13.4. The lowest BCUT2D eigenvalue weighted by molar-refractivity contribution is 0.102. The summed E-state index contributed by atoms with van der Waals surface area (Å²) in [6.45, 7) is 2.83. The lowest BCUT2D eigenvalue weighted by atomic mass is 10.2. The Morgan fingerprint density at radius 1 is 1.30 bits per heavy atom. The van der Waals surface area contributed by atoms with E-state index in [9.17, 15) is 13.6 Å². The van der Waals surface area contributed by atoms with Crippen LogP contribution in [-0.4, -0.2) is 28.2 Å². The highest BCUT2D eigenvalue weighted by Gasteiger charge is 2.23. The predicted molar refractivity (Wildman–Crippen MR) is 119 cm³/mol. The Morgan fingerprint density at radius 3 is 2.90 bits per heavy atom. The molecule has 4 rings (SSSR count). The van der Waals surface area contributed by atoms with Crippen molar-refractivity contribution in [2.45, 2.75) is 26.2 Å². The van der Waals surface area contributed by atoms with Crippen LogP contribution in [0.2, 0.25) is 0 Å². The van der Waals surface area contributed by atoms with E-state index in [0.29, 0.717) is 17.3 Å². The third kappa shape index (κ3) is 4.49. The molecule has 2 heterocycles. The minimum absolute atomic E-state index is 0.120. The number of nitrogens with one attached hydrogen (secondary N) is 3. The van der Waals surface area contributed by atoms with Crippen molar-refractivity contribution < 1.29 is 13.6 Å². The summed E-state index contributed by atoms with van der Waals surface area (Å²) in [7, 11) is 0. The number of thiophene rings is 1. The Balaban J connectivity index is 1.56. The Kier molecular flexibility index (Phi) is 6.33. The molecule has 0 spiro atoms. The Bertz CT molecular complexity index is 1070. The fraction of sp³-hybridized carbons (Fsp3) is 0.350. The van der Waals surface area contributed by atoms with Gasteiger partial charge >= 0.3 is 0 Å². The third-order valence-electron chi connectivity index (χ3n) is 4.67. The van der Waals surface area contributed by atoms with Crippen molar-refractivity contribution >= 4 is 56.6 Å². The van der Waals surface area contributed by atoms with E-state index in [0.717, 1.165) is 29.5 Å². The van der Waals surface area contributed by atoms with E-state index in [1.165, 1.54) is 48.5 Å². The molecule has 0 radical (unpaired) electrons. The van der Waals surface area contributed by atoms with Gasteiger partial charge in [0, 0.05) is 17.7 Å². The summed E-state index contributed by atoms with van der Waals surface area (Å²) in [4.78, 5) is 21.3. The van der Waals surface area contributed by atoms with Gasteiger partial charge in [-0.05, 0) is 37.3 Å². The summed E-state index contributed by atoms with van der Waals surface area (Å²) in [5.41, 5.74) is 0.348. The van der Waals surface area contributed by atoms with Gasteiger partial charge in [-0.15, -0.1) is 11.3 Å². The maximum absolute atomic E-state index is 14.8. The highest BCUT2D eigenvalue weighted by atomic mass is 32.2. The molecule has 158 valence electrons. The van der Waals surface area contributed by atoms with Crippen LogP contribution in [0, 0.1) is 17.6 Å². The lowest BCUT2D eigenvalue weighted by Crippen LogP contribution is -2.15. The monoisotopic (exact) mass is 449 g/mol. The molecule has 1 aliphatic rings. The molecule has 1 aromatic carbocycles. The molecule has 3 aromatic rings. The fourth-order valence-electron chi connectivity index (χ4n) is 2.86. The molecule has 0 bridgehead atoms. The van der Waals surface area contributed by atoms with Gasteiger partial charge in [-0.2, -0.15) is 0 Å². The molecule has 10 heteroatoms. The molecular weight excluding hydrogens is 428 g/mol. The number of fused-ring (bicyclic) bond motifs is 1. The SMILES string of the molecule is CCCSNc1ccc(F)c(NC(=O)c2csc3c(NCC4CC4)ncnc23)c1F. The first-order chi connectivity index (χ1) is 14.6. The number of hydrogen-bond donors (Lipinski definition) is 3. The molecular formula is C20H21F2N5OS2. The standard InChI is InChI=1S/C20H21F2N5OS2/c1-2-7-30-27-14-6-5-13(21)17(15(14)22)26-20(28)12-9-29-18-16(12)24-10-25-19(18)23-8-11-3-4-11/h5-6,9-11,27H,2-4,7-8H2,1H3,(H,26,28)(H,23,24,25). The molecule has 1 aliphatic carbocycles. The van der Waals surface area contributed by atoms with Gasteiger partial charge in [-0.3, -0.25) is 4.79 Å². The van der Waals surface area contributed by atoms with E-state index < -0.39 is 23.2 Å². The van der Waals surface area contributed by atoms with Gasteiger partial charge in [-0.1, -0.05) is 18.9 Å². The Morgan fingerprint density at radius 2 is 2.13 bits per heavy atom. The van der Waals surface area contributed by atoms with Crippen molar-refractivity contribution in [1.29, 1.82) is 0 Å². The van der Waals surface area contributed by atoms with Crippen molar-refractivity contribution in [1.82, 2.24) is 9.97 Å². The minimum atomic E-state index is -0.840. The minimum Gasteiger partial charge on any atom is -0.369 e. The molecule has 1 saturated carbocycles. The van der Waals surface area contributed by atoms with E-state index in [1.54, 1.807) is 5.38 Å². The maximum Gasteiger partial charge on any atom is 0.258 e. The molecule has 1 amide bonds. The summed E-state index contributed by atoms with van der Waals surface area (Å²) in [6.07, 6.45) is 4.72. The summed E-state index contributed by atoms with van der Waals surface area (Å²) in [5, 5.41) is 7.30. The van der Waals surface area contributed by atoms with Crippen LogP contribution in [0.1, 0.15) is 36.5 Å². The number of carbonyl (C=O) groups is 1. The number of hydrogen-bond acceptors (Lipinski definition) is 7. The topological polar surface area (TPSA) is 78.9 Å². The van der Waals surface area contributed by atoms with Crippen LogP contribution in [0.25, 0.3) is 10.2 Å². The van der Waals surface area contributed by atoms with Gasteiger partial charge in [0.25, 0.3) is 5.91 Å². The zero-order chi connectivity index (χ0) is 21.1. The average molecular weight is 450 g/mol. The van der Waals surface area contributed by atoms with Gasteiger partial charge in [0.05, 0.1) is 21.5 Å². The Hall–Kier alpha value is -2.46. The van der Waals surface area contributed by atoms with Crippen molar-refractivity contribution in [3.8, 4) is 0 Å². The highest BCUT2D eigenvalue weighted by molar-refractivity contribution is 8.00. The van der Waals surface area contributed by atoms with E-state index in [1.807, 2.05) is 6.92 Å². The molecule has 6 nitrogen and oxygen atoms in total. The van der Waals surface area contributed by atoms with Crippen molar-refractivity contribution in [2.75, 3.05) is 27.7 Å². The second-order valence-corrected chi connectivity index (χ2v) is 8.84. The number of amides is 1. The van der Waals surface area contributed by atoms with E-state index >= 15 is 0 Å². The van der Waals surface area contributed by atoms with Crippen LogP contribution in [-0.2, 0) is 0 Å². The fourth-order valence-corrected chi connectivity index (χ4v) is 4.44. The maximum atomic E-state index is 14.8. The third-order valence-corrected chi connectivity index (χ3v) is 6.62. The number of aromatic nitrogens is 2. The average Bonchev–Trinajstić information content (AvgIpc) is 3.47. The smallest absolute Gasteiger partial charge is 0.258 e. The molecule has 2 aromatic heterocycles. The van der Waals surface area contributed by atoms with Crippen LogP contribution in [0.3, 0.4) is 0 Å². The van der Waals surface area contributed by atoms with E-state index in [-0.39, 0.29) is 11.3 Å². The largest absolute Gasteiger partial charge is 0.369 e. The molecule has 0 unspecified atom stereocenters. The van der Waals surface area contributed by atoms with Crippen LogP contribution < -0.4 is 15.4 Å². The predicted octanol–water partition coefficient (Wildman–Crippen LogP) is 5.51. The number of benzene rings is 1. The summed E-state index contributed by atoms with van der Waals surface area (Å²) in [6, 6.07) is 2.44. The second kappa shape index (κ2) is 9.13. The first kappa shape index (κ1) is 20.8. The molecule has 1 fully saturated rings. The first-order valence-electron chi connectivity index (χ1n) is 9.71. The molecule has 3 N–H and O–H groups in total. The molecule has 0 atom stereocenters. The number of nitrogens with zero attached hydrogens (tertiary/aromatic N) is 2.